The van der Waals surface area contributed by atoms with Crippen molar-refractivity contribution in [2.45, 2.75) is 19.9 Å². The molecule has 6 nitrogen and oxygen atoms in total. The molecule has 24 heavy (non-hydrogen) atoms. The van der Waals surface area contributed by atoms with E-state index in [1.165, 1.54) is 0 Å². The Morgan fingerprint density at radius 1 is 1.42 bits per heavy atom. The van der Waals surface area contributed by atoms with Gasteiger partial charge in [-0.05, 0) is 32.5 Å². The van der Waals surface area contributed by atoms with E-state index in [2.05, 4.69) is 10.6 Å². The maximum Gasteiger partial charge on any atom is 0.337 e. The first kappa shape index (κ1) is 18.3. The highest BCUT2D eigenvalue weighted by Crippen LogP contribution is 2.26. The van der Waals surface area contributed by atoms with Gasteiger partial charge in [0.25, 0.3) is 0 Å². The molecular formula is C17H22ClN3O3. The lowest BCUT2D eigenvalue weighted by molar-refractivity contribution is -0.138. The third kappa shape index (κ3) is 4.27. The molecule has 1 aromatic carbocycles. The molecule has 1 unspecified atom stereocenters. The number of halogens is 1. The standard InChI is InChI=1S/C17H22ClN3O3/c1-4-24-16(22)13-9-19-17(23)20-15(13)10-21(3)11(2)12-7-5-6-8-14(12)18/h5-8,11H,4,9-10H2,1-3H3,(H2,19,20,23). The van der Waals surface area contributed by atoms with Gasteiger partial charge in [0.1, 0.15) is 0 Å². The molecule has 2 rings (SSSR count). The number of benzene rings is 1. The summed E-state index contributed by atoms with van der Waals surface area (Å²) >= 11 is 6.26. The minimum absolute atomic E-state index is 0.0152. The highest BCUT2D eigenvalue weighted by Gasteiger charge is 2.25. The molecule has 1 atom stereocenters. The van der Waals surface area contributed by atoms with Crippen LogP contribution in [0.4, 0.5) is 4.79 Å². The third-order valence-corrected chi connectivity index (χ3v) is 4.34. The molecule has 0 bridgehead atoms. The van der Waals surface area contributed by atoms with Gasteiger partial charge in [-0.15, -0.1) is 0 Å². The van der Waals surface area contributed by atoms with Crippen molar-refractivity contribution in [3.8, 4) is 0 Å². The molecule has 2 amide bonds. The maximum absolute atomic E-state index is 12.1. The van der Waals surface area contributed by atoms with Gasteiger partial charge in [-0.1, -0.05) is 29.8 Å². The number of hydrogen-bond donors (Lipinski definition) is 2. The van der Waals surface area contributed by atoms with Crippen LogP contribution in [0.5, 0.6) is 0 Å². The number of amides is 2. The maximum atomic E-state index is 12.1. The Morgan fingerprint density at radius 3 is 2.79 bits per heavy atom. The van der Waals surface area contributed by atoms with E-state index in [4.69, 9.17) is 16.3 Å². The van der Waals surface area contributed by atoms with Crippen LogP contribution in [0, 0.1) is 0 Å². The minimum Gasteiger partial charge on any atom is -0.463 e. The largest absolute Gasteiger partial charge is 0.463 e. The number of likely N-dealkylation sites (N-methyl/N-ethyl adjacent to an activating group) is 1. The zero-order valence-electron chi connectivity index (χ0n) is 14.1. The average Bonchev–Trinajstić information content (AvgIpc) is 2.55. The van der Waals surface area contributed by atoms with Crippen LogP contribution in [-0.4, -0.2) is 43.6 Å². The van der Waals surface area contributed by atoms with Gasteiger partial charge in [0.2, 0.25) is 0 Å². The van der Waals surface area contributed by atoms with Gasteiger partial charge < -0.3 is 15.4 Å². The van der Waals surface area contributed by atoms with Crippen molar-refractivity contribution in [3.05, 3.63) is 46.1 Å². The summed E-state index contributed by atoms with van der Waals surface area (Å²) in [5.74, 6) is -0.418. The molecule has 1 aliphatic rings. The van der Waals surface area contributed by atoms with Gasteiger partial charge >= 0.3 is 12.0 Å². The number of carbonyl (C=O) groups is 2. The molecule has 0 aliphatic carbocycles. The molecule has 1 aliphatic heterocycles. The Labute approximate surface area is 146 Å². The summed E-state index contributed by atoms with van der Waals surface area (Å²) in [5, 5.41) is 5.99. The van der Waals surface area contributed by atoms with Crippen LogP contribution in [0.1, 0.15) is 25.5 Å². The van der Waals surface area contributed by atoms with E-state index in [0.29, 0.717) is 22.8 Å². The summed E-state index contributed by atoms with van der Waals surface area (Å²) in [6, 6.07) is 7.31. The second kappa shape index (κ2) is 8.17. The predicted molar refractivity (Wildman–Crippen MR) is 92.7 cm³/mol. The first-order valence-corrected chi connectivity index (χ1v) is 8.20. The van der Waals surface area contributed by atoms with Crippen molar-refractivity contribution in [2.75, 3.05) is 26.7 Å². The predicted octanol–water partition coefficient (Wildman–Crippen LogP) is 2.46. The molecule has 0 spiro atoms. The van der Waals surface area contributed by atoms with Gasteiger partial charge in [0.05, 0.1) is 18.7 Å². The smallest absolute Gasteiger partial charge is 0.337 e. The molecule has 0 saturated heterocycles. The summed E-state index contributed by atoms with van der Waals surface area (Å²) in [5.41, 5.74) is 1.98. The van der Waals surface area contributed by atoms with Crippen molar-refractivity contribution in [1.29, 1.82) is 0 Å². The minimum atomic E-state index is -0.418. The molecule has 1 aromatic rings. The molecule has 0 radical (unpaired) electrons. The van der Waals surface area contributed by atoms with Crippen LogP contribution in [0.15, 0.2) is 35.5 Å². The summed E-state index contributed by atoms with van der Waals surface area (Å²) in [6.07, 6.45) is 0. The Bertz CT molecular complexity index is 660. The number of urea groups is 1. The van der Waals surface area contributed by atoms with Crippen molar-refractivity contribution in [2.24, 2.45) is 0 Å². The zero-order valence-corrected chi connectivity index (χ0v) is 14.8. The summed E-state index contributed by atoms with van der Waals surface area (Å²) < 4.78 is 5.06. The second-order valence-electron chi connectivity index (χ2n) is 5.60. The van der Waals surface area contributed by atoms with Crippen molar-refractivity contribution < 1.29 is 14.3 Å². The van der Waals surface area contributed by atoms with E-state index in [-0.39, 0.29) is 25.2 Å². The molecule has 1 heterocycles. The van der Waals surface area contributed by atoms with Gasteiger partial charge in [0.15, 0.2) is 0 Å². The molecule has 0 saturated carbocycles. The normalized spacial score (nSPS) is 15.8. The van der Waals surface area contributed by atoms with E-state index >= 15 is 0 Å². The summed E-state index contributed by atoms with van der Waals surface area (Å²) in [6.45, 7) is 4.62. The fourth-order valence-electron chi connectivity index (χ4n) is 2.52. The van der Waals surface area contributed by atoms with Crippen molar-refractivity contribution in [3.63, 3.8) is 0 Å². The molecule has 7 heteroatoms. The number of ether oxygens (including phenoxy) is 1. The third-order valence-electron chi connectivity index (χ3n) is 4.00. The number of nitrogens with one attached hydrogen (secondary N) is 2. The zero-order chi connectivity index (χ0) is 17.7. The summed E-state index contributed by atoms with van der Waals surface area (Å²) in [7, 11) is 1.91. The van der Waals surface area contributed by atoms with Crippen LogP contribution in [0.25, 0.3) is 0 Å². The Kier molecular flexibility index (Phi) is 6.23. The lowest BCUT2D eigenvalue weighted by Crippen LogP contribution is -2.46. The first-order valence-electron chi connectivity index (χ1n) is 7.82. The molecule has 130 valence electrons. The fraction of sp³-hybridized carbons (Fsp3) is 0.412. The number of rotatable bonds is 6. The number of esters is 1. The number of nitrogens with zero attached hydrogens (tertiary/aromatic N) is 1. The van der Waals surface area contributed by atoms with E-state index in [1.54, 1.807) is 6.92 Å². The van der Waals surface area contributed by atoms with Gasteiger partial charge in [0, 0.05) is 23.3 Å². The Balaban J connectivity index is 2.20. The highest BCUT2D eigenvalue weighted by molar-refractivity contribution is 6.31. The van der Waals surface area contributed by atoms with E-state index in [0.717, 1.165) is 5.56 Å². The Morgan fingerprint density at radius 2 is 2.12 bits per heavy atom. The Hall–Kier alpha value is -2.05. The monoisotopic (exact) mass is 351 g/mol. The molecular weight excluding hydrogens is 330 g/mol. The van der Waals surface area contributed by atoms with Gasteiger partial charge in [-0.25, -0.2) is 9.59 Å². The van der Waals surface area contributed by atoms with E-state index in [1.807, 2.05) is 43.1 Å². The number of carbonyl (C=O) groups excluding carboxylic acids is 2. The molecule has 0 fully saturated rings. The topological polar surface area (TPSA) is 70.7 Å². The average molecular weight is 352 g/mol. The van der Waals surface area contributed by atoms with E-state index in [9.17, 15) is 9.59 Å². The number of hydrogen-bond acceptors (Lipinski definition) is 4. The quantitative estimate of drug-likeness (QED) is 0.772. The van der Waals surface area contributed by atoms with Crippen LogP contribution >= 0.6 is 11.6 Å². The first-order chi connectivity index (χ1) is 11.4. The van der Waals surface area contributed by atoms with Crippen LogP contribution in [0.2, 0.25) is 5.02 Å². The lowest BCUT2D eigenvalue weighted by Gasteiger charge is -2.29. The fourth-order valence-corrected chi connectivity index (χ4v) is 2.81. The SMILES string of the molecule is CCOC(=O)C1=C(CN(C)C(C)c2ccccc2Cl)NC(=O)NC1. The van der Waals surface area contributed by atoms with Crippen LogP contribution in [-0.2, 0) is 9.53 Å². The lowest BCUT2D eigenvalue weighted by atomic mass is 10.1. The van der Waals surface area contributed by atoms with Gasteiger partial charge in [-0.2, -0.15) is 0 Å². The van der Waals surface area contributed by atoms with Crippen molar-refractivity contribution >= 4 is 23.6 Å². The van der Waals surface area contributed by atoms with Crippen LogP contribution < -0.4 is 10.6 Å². The van der Waals surface area contributed by atoms with Gasteiger partial charge in [-0.3, -0.25) is 4.90 Å². The highest BCUT2D eigenvalue weighted by atomic mass is 35.5. The molecule has 2 N–H and O–H groups in total. The van der Waals surface area contributed by atoms with E-state index < -0.39 is 5.97 Å². The molecule has 0 aromatic heterocycles. The van der Waals surface area contributed by atoms with Crippen molar-refractivity contribution in [1.82, 2.24) is 15.5 Å². The second-order valence-corrected chi connectivity index (χ2v) is 6.01. The van der Waals surface area contributed by atoms with Crippen LogP contribution in [0.3, 0.4) is 0 Å². The summed E-state index contributed by atoms with van der Waals surface area (Å²) in [4.78, 5) is 25.7.